The third kappa shape index (κ3) is 8.54. The highest BCUT2D eigenvalue weighted by atomic mass is 31.1. The number of rotatable bonds is 17. The van der Waals surface area contributed by atoms with E-state index >= 15 is 0 Å². The second-order valence-corrected chi connectivity index (χ2v) is 13.8. The highest BCUT2D eigenvalue weighted by Crippen LogP contribution is 2.49. The van der Waals surface area contributed by atoms with Gasteiger partial charge in [-0.3, -0.25) is 9.59 Å². The lowest BCUT2D eigenvalue weighted by molar-refractivity contribution is -0.191. The van der Waals surface area contributed by atoms with E-state index in [2.05, 4.69) is 12.2 Å². The van der Waals surface area contributed by atoms with Gasteiger partial charge in [0.05, 0.1) is 6.04 Å². The molecule has 1 N–H and O–H groups in total. The van der Waals surface area contributed by atoms with Crippen LogP contribution < -0.4 is 10.1 Å². The van der Waals surface area contributed by atoms with Crippen molar-refractivity contribution in [3.8, 4) is 5.75 Å². The van der Waals surface area contributed by atoms with Crippen LogP contribution in [0.4, 0.5) is 4.79 Å². The van der Waals surface area contributed by atoms with Gasteiger partial charge in [0.25, 0.3) is 6.29 Å². The molecule has 2 aromatic carbocycles. The molecule has 3 amide bonds. The van der Waals surface area contributed by atoms with E-state index in [9.17, 15) is 18.9 Å². The molecule has 1 fully saturated rings. The molecule has 252 valence electrons. The average molecular weight is 656 g/mol. The van der Waals surface area contributed by atoms with Crippen molar-refractivity contribution in [2.24, 2.45) is 11.3 Å². The standard InChI is InChI=1S/C36H51N2O7P/c1-9-14-29(26-18-16-25(8)17-19-26)37-35(41)38-33(40)36(12-4,13-5)34(38)43-28-22-20-27(21-23-28)30(15-10-2)46(42)45-32(24(6)7)44-31(39)11-3/h16-24,29-30,32,34H,9-15H2,1-8H3/p+1/t29-,30?,32?,34+/m1/s1. The van der Waals surface area contributed by atoms with Crippen LogP contribution in [0.15, 0.2) is 48.5 Å². The van der Waals surface area contributed by atoms with Crippen LogP contribution >= 0.6 is 8.03 Å². The Morgan fingerprint density at radius 2 is 1.50 bits per heavy atom. The number of amides is 3. The van der Waals surface area contributed by atoms with Gasteiger partial charge in [0.1, 0.15) is 11.2 Å². The van der Waals surface area contributed by atoms with Gasteiger partial charge in [0.2, 0.25) is 11.6 Å². The number of β-lactam (4-membered cyclic amide) rings is 1. The maximum absolute atomic E-state index is 13.6. The zero-order chi connectivity index (χ0) is 34.0. The van der Waals surface area contributed by atoms with Crippen LogP contribution in [0.3, 0.4) is 0 Å². The van der Waals surface area contributed by atoms with Gasteiger partial charge in [0, 0.05) is 24.3 Å². The van der Waals surface area contributed by atoms with Gasteiger partial charge in [0.15, 0.2) is 6.23 Å². The van der Waals surface area contributed by atoms with Crippen molar-refractivity contribution in [1.82, 2.24) is 10.2 Å². The van der Waals surface area contributed by atoms with E-state index in [0.29, 0.717) is 25.0 Å². The number of carbonyl (C=O) groups excluding carboxylic acids is 3. The van der Waals surface area contributed by atoms with Crippen molar-refractivity contribution >= 4 is 25.9 Å². The smallest absolute Gasteiger partial charge is 0.469 e. The maximum Gasteiger partial charge on any atom is 0.519 e. The van der Waals surface area contributed by atoms with E-state index < -0.39 is 43.6 Å². The van der Waals surface area contributed by atoms with Crippen LogP contribution in [0.1, 0.15) is 122 Å². The SMILES string of the molecule is CCCC(c1ccc(O[C@@H]2N(C(=O)N[C@H](CCC)c3ccc(C)cc3)C(=O)C2(CC)CC)cc1)[P+](=O)OC(OC(=O)CC)C(C)C. The van der Waals surface area contributed by atoms with Gasteiger partial charge in [-0.25, -0.2) is 9.69 Å². The number of esters is 1. The first-order valence-corrected chi connectivity index (χ1v) is 18.0. The number of hydrogen-bond acceptors (Lipinski definition) is 7. The summed E-state index contributed by atoms with van der Waals surface area (Å²) >= 11 is 0. The number of ether oxygens (including phenoxy) is 2. The van der Waals surface area contributed by atoms with E-state index in [4.69, 9.17) is 14.0 Å². The summed E-state index contributed by atoms with van der Waals surface area (Å²) in [6, 6.07) is 14.6. The van der Waals surface area contributed by atoms with E-state index in [-0.39, 0.29) is 24.3 Å². The molecule has 1 heterocycles. The van der Waals surface area contributed by atoms with Gasteiger partial charge in [-0.05, 0) is 48.4 Å². The Bertz CT molecular complexity index is 1320. The molecule has 3 unspecified atom stereocenters. The lowest BCUT2D eigenvalue weighted by Crippen LogP contribution is -2.73. The number of nitrogens with one attached hydrogen (secondary N) is 1. The summed E-state index contributed by atoms with van der Waals surface area (Å²) in [6.45, 7) is 15.4. The normalized spacial score (nSPS) is 17.9. The zero-order valence-corrected chi connectivity index (χ0v) is 29.6. The molecule has 2 aromatic rings. The third-order valence-corrected chi connectivity index (χ3v) is 10.3. The summed E-state index contributed by atoms with van der Waals surface area (Å²) in [4.78, 5) is 40.3. The number of nitrogens with zero attached hydrogens (tertiary/aromatic N) is 1. The lowest BCUT2D eigenvalue weighted by Gasteiger charge is -2.53. The zero-order valence-electron chi connectivity index (χ0n) is 28.7. The predicted molar refractivity (Wildman–Crippen MR) is 179 cm³/mol. The second-order valence-electron chi connectivity index (χ2n) is 12.4. The van der Waals surface area contributed by atoms with Crippen LogP contribution in [0.25, 0.3) is 0 Å². The Balaban J connectivity index is 1.80. The summed E-state index contributed by atoms with van der Waals surface area (Å²) in [7, 11) is -2.20. The van der Waals surface area contributed by atoms with Gasteiger partial charge < -0.3 is 14.8 Å². The van der Waals surface area contributed by atoms with Crippen molar-refractivity contribution in [2.45, 2.75) is 125 Å². The molecular weight excluding hydrogens is 603 g/mol. The first-order valence-electron chi connectivity index (χ1n) is 16.8. The van der Waals surface area contributed by atoms with E-state index in [1.165, 1.54) is 4.90 Å². The van der Waals surface area contributed by atoms with Gasteiger partial charge in [-0.15, -0.1) is 4.52 Å². The molecular formula is C36H52N2O7P+. The molecule has 0 spiro atoms. The predicted octanol–water partition coefficient (Wildman–Crippen LogP) is 9.14. The minimum absolute atomic E-state index is 0.163. The van der Waals surface area contributed by atoms with Gasteiger partial charge >= 0.3 is 20.0 Å². The molecule has 1 saturated heterocycles. The monoisotopic (exact) mass is 655 g/mol. The van der Waals surface area contributed by atoms with Crippen LogP contribution in [0.5, 0.6) is 5.75 Å². The number of imide groups is 1. The molecule has 0 aromatic heterocycles. The summed E-state index contributed by atoms with van der Waals surface area (Å²) in [5, 5.41) is 3.09. The molecule has 5 atom stereocenters. The summed E-state index contributed by atoms with van der Waals surface area (Å²) in [5.74, 6) is -0.308. The summed E-state index contributed by atoms with van der Waals surface area (Å²) in [5.41, 5.74) is 1.70. The number of carbonyl (C=O) groups is 3. The Hall–Kier alpha value is -3.29. The number of likely N-dealkylation sites (tertiary alicyclic amines) is 1. The Morgan fingerprint density at radius 3 is 2.02 bits per heavy atom. The van der Waals surface area contributed by atoms with E-state index in [1.807, 2.05) is 77.9 Å². The van der Waals surface area contributed by atoms with Crippen molar-refractivity contribution in [2.75, 3.05) is 0 Å². The number of aryl methyl sites for hydroxylation is 1. The van der Waals surface area contributed by atoms with Crippen LogP contribution in [0, 0.1) is 18.3 Å². The first kappa shape index (κ1) is 37.2. The first-order chi connectivity index (χ1) is 22.0. The summed E-state index contributed by atoms with van der Waals surface area (Å²) in [6.07, 6.45) is 2.59. The molecule has 0 saturated carbocycles. The van der Waals surface area contributed by atoms with Crippen molar-refractivity contribution in [3.63, 3.8) is 0 Å². The van der Waals surface area contributed by atoms with Gasteiger partial charge in [-0.1, -0.05) is 103 Å². The molecule has 1 aliphatic heterocycles. The molecule has 46 heavy (non-hydrogen) atoms. The van der Waals surface area contributed by atoms with Crippen LogP contribution in [-0.4, -0.2) is 35.3 Å². The number of hydrogen-bond donors (Lipinski definition) is 1. The minimum Gasteiger partial charge on any atom is -0.469 e. The number of urea groups is 1. The summed E-state index contributed by atoms with van der Waals surface area (Å²) < 4.78 is 31.0. The minimum atomic E-state index is -2.20. The molecule has 0 radical (unpaired) electrons. The Labute approximate surface area is 275 Å². The molecule has 0 bridgehead atoms. The number of benzene rings is 2. The topological polar surface area (TPSA) is 111 Å². The fourth-order valence-corrected chi connectivity index (χ4v) is 7.28. The molecule has 0 aliphatic carbocycles. The van der Waals surface area contributed by atoms with Crippen molar-refractivity contribution in [3.05, 3.63) is 65.2 Å². The highest BCUT2D eigenvalue weighted by molar-refractivity contribution is 7.39. The van der Waals surface area contributed by atoms with Crippen molar-refractivity contribution in [1.29, 1.82) is 0 Å². The highest BCUT2D eigenvalue weighted by Gasteiger charge is 2.63. The quantitative estimate of drug-likeness (QED) is 0.0783. The Kier molecular flexibility index (Phi) is 13.8. The van der Waals surface area contributed by atoms with Crippen LogP contribution in [0.2, 0.25) is 0 Å². The van der Waals surface area contributed by atoms with E-state index in [0.717, 1.165) is 36.0 Å². The third-order valence-electron chi connectivity index (χ3n) is 8.80. The molecule has 10 heteroatoms. The molecule has 3 rings (SSSR count). The maximum atomic E-state index is 13.6. The fraction of sp³-hybridized carbons (Fsp3) is 0.583. The second kappa shape index (κ2) is 17.0. The largest absolute Gasteiger partial charge is 0.519 e. The fourth-order valence-electron chi connectivity index (χ4n) is 5.76. The lowest BCUT2D eigenvalue weighted by atomic mass is 9.72. The van der Waals surface area contributed by atoms with Gasteiger partial charge in [-0.2, -0.15) is 0 Å². The van der Waals surface area contributed by atoms with Crippen LogP contribution in [-0.2, 0) is 23.4 Å². The average Bonchev–Trinajstić information content (AvgIpc) is 3.04. The molecule has 9 nitrogen and oxygen atoms in total. The molecule has 1 aliphatic rings. The van der Waals surface area contributed by atoms with Crippen molar-refractivity contribution < 1.29 is 32.9 Å². The van der Waals surface area contributed by atoms with E-state index in [1.54, 1.807) is 19.1 Å². The Morgan fingerprint density at radius 1 is 0.913 bits per heavy atom.